The predicted molar refractivity (Wildman–Crippen MR) is 148 cm³/mol. The fourth-order valence-electron chi connectivity index (χ4n) is 4.03. The van der Waals surface area contributed by atoms with Crippen molar-refractivity contribution in [1.29, 1.82) is 0 Å². The number of benzene rings is 2. The Bertz CT molecular complexity index is 1300. The van der Waals surface area contributed by atoms with Crippen molar-refractivity contribution in [2.45, 2.75) is 66.3 Å². The van der Waals surface area contributed by atoms with Gasteiger partial charge in [0.05, 0.1) is 29.8 Å². The number of rotatable bonds is 11. The van der Waals surface area contributed by atoms with Gasteiger partial charge in [-0.25, -0.2) is 9.97 Å². The first kappa shape index (κ1) is 25.2. The van der Waals surface area contributed by atoms with Crippen LogP contribution in [0.5, 0.6) is 11.5 Å². The maximum atomic E-state index is 6.12. The zero-order chi connectivity index (χ0) is 24.2. The summed E-state index contributed by atoms with van der Waals surface area (Å²) in [7, 11) is 0. The smallest absolute Gasteiger partial charge is 0.163 e. The lowest BCUT2D eigenvalue weighted by atomic mass is 10.1. The van der Waals surface area contributed by atoms with Crippen molar-refractivity contribution in [2.24, 2.45) is 5.92 Å². The average molecular weight is 591 g/mol. The van der Waals surface area contributed by atoms with Gasteiger partial charge in [0, 0.05) is 33.0 Å². The third-order valence-corrected chi connectivity index (χ3v) is 7.02. The fourth-order valence-corrected chi connectivity index (χ4v) is 5.47. The van der Waals surface area contributed by atoms with E-state index in [1.165, 1.54) is 0 Å². The lowest BCUT2D eigenvalue weighted by Gasteiger charge is -2.14. The average Bonchev–Trinajstić information content (AvgIpc) is 3.09. The highest BCUT2D eigenvalue weighted by Crippen LogP contribution is 2.38. The van der Waals surface area contributed by atoms with Crippen molar-refractivity contribution in [3.05, 3.63) is 33.2 Å². The van der Waals surface area contributed by atoms with Gasteiger partial charge in [0.25, 0.3) is 0 Å². The molecule has 2 aromatic carbocycles. The molecular weight excluding hydrogens is 558 g/mol. The zero-order valence-corrected chi connectivity index (χ0v) is 23.6. The quantitative estimate of drug-likeness (QED) is 0.164. The lowest BCUT2D eigenvalue weighted by molar-refractivity contribution is 0.262. The Morgan fingerprint density at radius 2 is 1.50 bits per heavy atom. The number of aryl methyl sites for hydroxylation is 1. The molecule has 0 saturated carbocycles. The molecule has 0 unspecified atom stereocenters. The summed E-state index contributed by atoms with van der Waals surface area (Å²) in [5.74, 6) is 2.09. The Balaban J connectivity index is 1.91. The van der Waals surface area contributed by atoms with E-state index in [1.807, 2.05) is 12.1 Å². The molecule has 5 nitrogen and oxygen atoms in total. The largest absolute Gasteiger partial charge is 0.490 e. The van der Waals surface area contributed by atoms with Crippen LogP contribution in [0.2, 0.25) is 0 Å². The standard InChI is InChI=1S/C27H33Br2N3O2/c1-5-7-11-33-23-15-21-22(16-24(23)34-12-8-6-2)31-27-25(30-21)19-13-18(28)14-20(29)26(19)32(27)10-9-17(3)4/h13-17H,5-12H2,1-4H3. The van der Waals surface area contributed by atoms with Gasteiger partial charge < -0.3 is 14.0 Å². The van der Waals surface area contributed by atoms with E-state index in [0.717, 1.165) is 92.2 Å². The Morgan fingerprint density at radius 1 is 0.882 bits per heavy atom. The summed E-state index contributed by atoms with van der Waals surface area (Å²) >= 11 is 7.44. The van der Waals surface area contributed by atoms with Gasteiger partial charge in [-0.2, -0.15) is 0 Å². The molecule has 0 aliphatic carbocycles. The van der Waals surface area contributed by atoms with Crippen LogP contribution in [0.1, 0.15) is 59.8 Å². The van der Waals surface area contributed by atoms with Crippen LogP contribution in [-0.2, 0) is 6.54 Å². The second kappa shape index (κ2) is 11.3. The molecule has 2 heterocycles. The number of hydrogen-bond donors (Lipinski definition) is 0. The van der Waals surface area contributed by atoms with Crippen LogP contribution in [0, 0.1) is 5.92 Å². The van der Waals surface area contributed by atoms with E-state index in [1.54, 1.807) is 0 Å². The van der Waals surface area contributed by atoms with Crippen LogP contribution in [0.25, 0.3) is 33.1 Å². The van der Waals surface area contributed by atoms with Crippen LogP contribution < -0.4 is 9.47 Å². The van der Waals surface area contributed by atoms with Crippen molar-refractivity contribution in [1.82, 2.24) is 14.5 Å². The molecule has 0 fully saturated rings. The van der Waals surface area contributed by atoms with Crippen molar-refractivity contribution in [3.63, 3.8) is 0 Å². The summed E-state index contributed by atoms with van der Waals surface area (Å²) in [4.78, 5) is 10.2. The van der Waals surface area contributed by atoms with E-state index < -0.39 is 0 Å². The van der Waals surface area contributed by atoms with Crippen LogP contribution in [0.3, 0.4) is 0 Å². The van der Waals surface area contributed by atoms with E-state index >= 15 is 0 Å². The third kappa shape index (κ3) is 5.35. The second-order valence-corrected chi connectivity index (χ2v) is 11.0. The molecule has 0 radical (unpaired) electrons. The summed E-state index contributed by atoms with van der Waals surface area (Å²) in [5.41, 5.74) is 4.59. The van der Waals surface area contributed by atoms with Crippen LogP contribution >= 0.6 is 31.9 Å². The topological polar surface area (TPSA) is 49.2 Å². The molecule has 182 valence electrons. The summed E-state index contributed by atoms with van der Waals surface area (Å²) in [6.07, 6.45) is 5.24. The van der Waals surface area contributed by atoms with Crippen molar-refractivity contribution < 1.29 is 9.47 Å². The zero-order valence-electron chi connectivity index (χ0n) is 20.5. The third-order valence-electron chi connectivity index (χ3n) is 5.96. The van der Waals surface area contributed by atoms with E-state index in [0.29, 0.717) is 19.1 Å². The second-order valence-electron chi connectivity index (χ2n) is 9.21. The minimum atomic E-state index is 0.594. The lowest BCUT2D eigenvalue weighted by Crippen LogP contribution is -2.04. The molecule has 7 heteroatoms. The number of aromatic nitrogens is 3. The summed E-state index contributed by atoms with van der Waals surface area (Å²) in [6.45, 7) is 11.0. The highest BCUT2D eigenvalue weighted by atomic mass is 79.9. The Labute approximate surface area is 218 Å². The first-order valence-electron chi connectivity index (χ1n) is 12.3. The molecule has 0 aliphatic heterocycles. The molecule has 0 amide bonds. The first-order chi connectivity index (χ1) is 16.4. The highest BCUT2D eigenvalue weighted by molar-refractivity contribution is 9.11. The minimum absolute atomic E-state index is 0.594. The molecule has 2 aromatic heterocycles. The summed E-state index contributed by atoms with van der Waals surface area (Å²) in [5, 5.41) is 1.09. The number of unbranched alkanes of at least 4 members (excludes halogenated alkanes) is 2. The van der Waals surface area contributed by atoms with E-state index in [-0.39, 0.29) is 0 Å². The van der Waals surface area contributed by atoms with Gasteiger partial charge >= 0.3 is 0 Å². The van der Waals surface area contributed by atoms with E-state index in [2.05, 4.69) is 76.3 Å². The van der Waals surface area contributed by atoms with Gasteiger partial charge in [-0.05, 0) is 53.2 Å². The summed E-state index contributed by atoms with van der Waals surface area (Å²) in [6, 6.07) is 8.21. The molecule has 4 aromatic rings. The molecule has 0 N–H and O–H groups in total. The molecular formula is C27H33Br2N3O2. The Morgan fingerprint density at radius 3 is 2.09 bits per heavy atom. The minimum Gasteiger partial charge on any atom is -0.490 e. The first-order valence-corrected chi connectivity index (χ1v) is 13.9. The van der Waals surface area contributed by atoms with Gasteiger partial charge in [0.15, 0.2) is 17.1 Å². The van der Waals surface area contributed by atoms with Gasteiger partial charge in [-0.15, -0.1) is 0 Å². The maximum Gasteiger partial charge on any atom is 0.163 e. The Kier molecular flexibility index (Phi) is 8.35. The van der Waals surface area contributed by atoms with Crippen LogP contribution in [0.15, 0.2) is 33.2 Å². The fraction of sp³-hybridized carbons (Fsp3) is 0.481. The van der Waals surface area contributed by atoms with Gasteiger partial charge in [-0.3, -0.25) is 0 Å². The monoisotopic (exact) mass is 589 g/mol. The Hall–Kier alpha value is -1.86. The van der Waals surface area contributed by atoms with Gasteiger partial charge in [0.1, 0.15) is 5.52 Å². The molecule has 0 spiro atoms. The normalized spacial score (nSPS) is 11.9. The molecule has 34 heavy (non-hydrogen) atoms. The van der Waals surface area contributed by atoms with E-state index in [4.69, 9.17) is 19.4 Å². The van der Waals surface area contributed by atoms with Gasteiger partial charge in [-0.1, -0.05) is 56.5 Å². The highest BCUT2D eigenvalue weighted by Gasteiger charge is 2.19. The van der Waals surface area contributed by atoms with Crippen LogP contribution in [-0.4, -0.2) is 27.7 Å². The number of fused-ring (bicyclic) bond motifs is 4. The van der Waals surface area contributed by atoms with E-state index in [9.17, 15) is 0 Å². The maximum absolute atomic E-state index is 6.12. The SMILES string of the molecule is CCCCOc1cc2nc3c4cc(Br)cc(Br)c4n(CCC(C)C)c3nc2cc1OCCCC. The molecule has 0 aliphatic rings. The number of ether oxygens (including phenoxy) is 2. The number of hydrogen-bond acceptors (Lipinski definition) is 4. The molecule has 4 rings (SSSR count). The molecule has 0 bridgehead atoms. The van der Waals surface area contributed by atoms with Crippen molar-refractivity contribution >= 4 is 65.0 Å². The molecule has 0 atom stereocenters. The van der Waals surface area contributed by atoms with Crippen molar-refractivity contribution in [3.8, 4) is 11.5 Å². The number of halogens is 2. The molecule has 0 saturated heterocycles. The van der Waals surface area contributed by atoms with Gasteiger partial charge in [0.2, 0.25) is 0 Å². The van der Waals surface area contributed by atoms with Crippen molar-refractivity contribution in [2.75, 3.05) is 13.2 Å². The number of nitrogens with zero attached hydrogens (tertiary/aromatic N) is 3. The summed E-state index contributed by atoms with van der Waals surface area (Å²) < 4.78 is 16.6. The predicted octanol–water partition coefficient (Wildman–Crippen LogP) is 8.67. The van der Waals surface area contributed by atoms with Crippen LogP contribution in [0.4, 0.5) is 0 Å².